The van der Waals surface area contributed by atoms with E-state index < -0.39 is 24.2 Å². The molecule has 0 saturated carbocycles. The monoisotopic (exact) mass is 284 g/mol. The van der Waals surface area contributed by atoms with Crippen molar-refractivity contribution < 1.29 is 22.4 Å². The van der Waals surface area contributed by atoms with Crippen LogP contribution >= 0.6 is 15.9 Å². The van der Waals surface area contributed by atoms with Gasteiger partial charge in [-0.2, -0.15) is 13.2 Å². The van der Waals surface area contributed by atoms with Crippen LogP contribution in [0.15, 0.2) is 22.7 Å². The van der Waals surface area contributed by atoms with Crippen LogP contribution in [0, 0.1) is 5.82 Å². The van der Waals surface area contributed by atoms with Crippen LogP contribution in [-0.4, -0.2) is 12.0 Å². The molecule has 0 heterocycles. The van der Waals surface area contributed by atoms with E-state index in [0.717, 1.165) is 6.07 Å². The molecule has 0 fully saturated rings. The van der Waals surface area contributed by atoms with E-state index in [0.29, 0.717) is 0 Å². The number of Topliss-reactive ketones (excluding diaryl/α,β-unsaturated/α-hetero) is 1. The number of ketones is 1. The van der Waals surface area contributed by atoms with Gasteiger partial charge in [0.25, 0.3) is 0 Å². The molecule has 1 aromatic rings. The first-order valence-electron chi connectivity index (χ1n) is 3.85. The van der Waals surface area contributed by atoms with Crippen LogP contribution in [0.4, 0.5) is 17.6 Å². The third-order valence-corrected chi connectivity index (χ3v) is 2.59. The second kappa shape index (κ2) is 4.30. The van der Waals surface area contributed by atoms with E-state index in [1.54, 1.807) is 0 Å². The van der Waals surface area contributed by atoms with Crippen molar-refractivity contribution in [2.45, 2.75) is 12.6 Å². The molecule has 1 nitrogen and oxygen atoms in total. The summed E-state index contributed by atoms with van der Waals surface area (Å²) in [7, 11) is 0. The van der Waals surface area contributed by atoms with Gasteiger partial charge in [0.15, 0.2) is 0 Å². The normalized spacial score (nSPS) is 11.5. The van der Waals surface area contributed by atoms with Crippen LogP contribution < -0.4 is 0 Å². The summed E-state index contributed by atoms with van der Waals surface area (Å²) in [4.78, 5) is 10.6. The molecular formula is C9H5BrF4O. The van der Waals surface area contributed by atoms with Crippen molar-refractivity contribution >= 4 is 21.7 Å². The second-order valence-electron chi connectivity index (χ2n) is 2.81. The largest absolute Gasteiger partial charge is 0.450 e. The van der Waals surface area contributed by atoms with Gasteiger partial charge in [-0.05, 0) is 27.6 Å². The molecule has 0 amide bonds. The van der Waals surface area contributed by atoms with Crippen molar-refractivity contribution in [1.29, 1.82) is 0 Å². The van der Waals surface area contributed by atoms with Crippen molar-refractivity contribution in [2.24, 2.45) is 0 Å². The number of hydrogen-bond donors (Lipinski definition) is 0. The maximum atomic E-state index is 12.9. The summed E-state index contributed by atoms with van der Waals surface area (Å²) < 4.78 is 48.5. The Labute approximate surface area is 91.2 Å². The number of carbonyl (C=O) groups excluding carboxylic acids is 1. The number of carbonyl (C=O) groups is 1. The van der Waals surface area contributed by atoms with Gasteiger partial charge < -0.3 is 0 Å². The van der Waals surface area contributed by atoms with Crippen LogP contribution in [-0.2, 0) is 11.2 Å². The minimum absolute atomic E-state index is 0.0164. The van der Waals surface area contributed by atoms with Crippen molar-refractivity contribution in [3.05, 3.63) is 34.1 Å². The lowest BCUT2D eigenvalue weighted by atomic mass is 10.1. The third kappa shape index (κ3) is 3.02. The molecule has 0 saturated heterocycles. The lowest BCUT2D eigenvalue weighted by Gasteiger charge is -2.06. The maximum absolute atomic E-state index is 12.9. The number of hydrogen-bond acceptors (Lipinski definition) is 1. The fraction of sp³-hybridized carbons (Fsp3) is 0.222. The summed E-state index contributed by atoms with van der Waals surface area (Å²) in [5.41, 5.74) is -0.0164. The summed E-state index contributed by atoms with van der Waals surface area (Å²) in [5.74, 6) is -2.59. The Bertz CT molecular complexity index is 386. The highest BCUT2D eigenvalue weighted by molar-refractivity contribution is 9.10. The van der Waals surface area contributed by atoms with Crippen LogP contribution in [0.5, 0.6) is 0 Å². The standard InChI is InChI=1S/C9H5BrF4O/c10-8-5(2-1-3-6(8)11)4-7(15)9(12,13)14/h1-3H,4H2. The van der Waals surface area contributed by atoms with Gasteiger partial charge in [0.2, 0.25) is 5.78 Å². The quantitative estimate of drug-likeness (QED) is 0.762. The molecule has 0 atom stereocenters. The van der Waals surface area contributed by atoms with Crippen molar-refractivity contribution in [1.82, 2.24) is 0 Å². The summed E-state index contributed by atoms with van der Waals surface area (Å²) in [6.45, 7) is 0. The van der Waals surface area contributed by atoms with E-state index in [4.69, 9.17) is 0 Å². The molecule has 0 spiro atoms. The highest BCUT2D eigenvalue weighted by atomic mass is 79.9. The smallest absolute Gasteiger partial charge is 0.289 e. The average molecular weight is 285 g/mol. The maximum Gasteiger partial charge on any atom is 0.450 e. The van der Waals surface area contributed by atoms with E-state index in [9.17, 15) is 22.4 Å². The van der Waals surface area contributed by atoms with E-state index >= 15 is 0 Å². The van der Waals surface area contributed by atoms with Gasteiger partial charge in [0.05, 0.1) is 4.47 Å². The molecule has 0 aliphatic rings. The summed E-state index contributed by atoms with van der Waals surface area (Å²) >= 11 is 2.78. The lowest BCUT2D eigenvalue weighted by Crippen LogP contribution is -2.24. The Morgan fingerprint density at radius 2 is 1.93 bits per heavy atom. The Balaban J connectivity index is 2.91. The molecule has 82 valence electrons. The summed E-state index contributed by atoms with van der Waals surface area (Å²) in [5, 5.41) is 0. The molecule has 0 aromatic heterocycles. The first-order chi connectivity index (χ1) is 6.82. The molecule has 0 aliphatic heterocycles. The average Bonchev–Trinajstić information content (AvgIpc) is 2.11. The van der Waals surface area contributed by atoms with Crippen LogP contribution in [0.1, 0.15) is 5.56 Å². The third-order valence-electron chi connectivity index (χ3n) is 1.70. The van der Waals surface area contributed by atoms with Gasteiger partial charge in [-0.1, -0.05) is 12.1 Å². The second-order valence-corrected chi connectivity index (χ2v) is 3.60. The Kier molecular flexibility index (Phi) is 3.49. The van der Waals surface area contributed by atoms with E-state index in [1.165, 1.54) is 12.1 Å². The molecule has 0 aliphatic carbocycles. The van der Waals surface area contributed by atoms with Gasteiger partial charge in [-0.25, -0.2) is 4.39 Å². The van der Waals surface area contributed by atoms with Gasteiger partial charge in [-0.15, -0.1) is 0 Å². The lowest BCUT2D eigenvalue weighted by molar-refractivity contribution is -0.170. The van der Waals surface area contributed by atoms with Crippen molar-refractivity contribution in [3.63, 3.8) is 0 Å². The Hall–Kier alpha value is -0.910. The molecule has 0 bridgehead atoms. The molecule has 1 rings (SSSR count). The first-order valence-corrected chi connectivity index (χ1v) is 4.64. The van der Waals surface area contributed by atoms with Crippen molar-refractivity contribution in [2.75, 3.05) is 0 Å². The highest BCUT2D eigenvalue weighted by Crippen LogP contribution is 2.24. The molecule has 0 radical (unpaired) electrons. The molecule has 6 heteroatoms. The van der Waals surface area contributed by atoms with E-state index in [1.807, 2.05) is 0 Å². The van der Waals surface area contributed by atoms with Gasteiger partial charge >= 0.3 is 6.18 Å². The minimum Gasteiger partial charge on any atom is -0.289 e. The molecular weight excluding hydrogens is 280 g/mol. The number of alkyl halides is 3. The van der Waals surface area contributed by atoms with Gasteiger partial charge in [0.1, 0.15) is 5.82 Å². The Morgan fingerprint density at radius 1 is 1.33 bits per heavy atom. The Morgan fingerprint density at radius 3 is 2.47 bits per heavy atom. The predicted molar refractivity (Wildman–Crippen MR) is 48.9 cm³/mol. The van der Waals surface area contributed by atoms with Crippen LogP contribution in [0.3, 0.4) is 0 Å². The highest BCUT2D eigenvalue weighted by Gasteiger charge is 2.38. The predicted octanol–water partition coefficient (Wildman–Crippen LogP) is 3.26. The minimum atomic E-state index is -4.88. The fourth-order valence-corrected chi connectivity index (χ4v) is 1.36. The topological polar surface area (TPSA) is 17.1 Å². The van der Waals surface area contributed by atoms with E-state index in [2.05, 4.69) is 15.9 Å². The molecule has 1 aromatic carbocycles. The van der Waals surface area contributed by atoms with E-state index in [-0.39, 0.29) is 10.0 Å². The summed E-state index contributed by atoms with van der Waals surface area (Å²) in [6.07, 6.45) is -5.74. The number of halogens is 5. The number of benzene rings is 1. The van der Waals surface area contributed by atoms with Crippen molar-refractivity contribution in [3.8, 4) is 0 Å². The van der Waals surface area contributed by atoms with Gasteiger partial charge in [-0.3, -0.25) is 4.79 Å². The SMILES string of the molecule is O=C(Cc1cccc(F)c1Br)C(F)(F)F. The number of rotatable bonds is 2. The van der Waals surface area contributed by atoms with Crippen LogP contribution in [0.2, 0.25) is 0 Å². The zero-order valence-electron chi connectivity index (χ0n) is 7.24. The fourth-order valence-electron chi connectivity index (χ4n) is 0.958. The zero-order valence-corrected chi connectivity index (χ0v) is 8.82. The molecule has 15 heavy (non-hydrogen) atoms. The van der Waals surface area contributed by atoms with Crippen LogP contribution in [0.25, 0.3) is 0 Å². The first kappa shape index (κ1) is 12.2. The molecule has 0 unspecified atom stereocenters. The zero-order chi connectivity index (χ0) is 11.6. The molecule has 0 N–H and O–H groups in total. The summed E-state index contributed by atoms with van der Waals surface area (Å²) in [6, 6.07) is 3.60. The van der Waals surface area contributed by atoms with Gasteiger partial charge in [0, 0.05) is 6.42 Å².